The van der Waals surface area contributed by atoms with Gasteiger partial charge in [-0.1, -0.05) is 29.8 Å². The van der Waals surface area contributed by atoms with E-state index in [0.29, 0.717) is 5.02 Å². The van der Waals surface area contributed by atoms with Crippen LogP contribution in [-0.2, 0) is 16.1 Å². The van der Waals surface area contributed by atoms with Gasteiger partial charge in [-0.25, -0.2) is 4.79 Å². The Hall–Kier alpha value is -1.63. The zero-order chi connectivity index (χ0) is 16.3. The molecule has 0 aliphatic carbocycles. The number of urea groups is 1. The number of nitrogens with zero attached hydrogens (tertiary/aromatic N) is 1. The molecule has 6 nitrogen and oxygen atoms in total. The molecule has 1 heterocycles. The molecule has 1 aliphatic rings. The van der Waals surface area contributed by atoms with Crippen molar-refractivity contribution in [2.24, 2.45) is 0 Å². The zero-order valence-corrected chi connectivity index (χ0v) is 13.3. The molecule has 2 rings (SSSR count). The number of ether oxygens (including phenoxy) is 1. The molecule has 22 heavy (non-hydrogen) atoms. The van der Waals surface area contributed by atoms with Gasteiger partial charge in [0.15, 0.2) is 0 Å². The lowest BCUT2D eigenvalue weighted by molar-refractivity contribution is -0.131. The van der Waals surface area contributed by atoms with Crippen molar-refractivity contribution in [3.05, 3.63) is 34.9 Å². The molecule has 0 spiro atoms. The van der Waals surface area contributed by atoms with Crippen molar-refractivity contribution < 1.29 is 19.4 Å². The highest BCUT2D eigenvalue weighted by atomic mass is 35.5. The molecule has 0 aromatic heterocycles. The van der Waals surface area contributed by atoms with Crippen molar-refractivity contribution in [2.45, 2.75) is 32.1 Å². The van der Waals surface area contributed by atoms with Gasteiger partial charge < -0.3 is 15.2 Å². The largest absolute Gasteiger partial charge is 0.389 e. The molecule has 1 saturated heterocycles. The third-order valence-electron chi connectivity index (χ3n) is 3.36. The van der Waals surface area contributed by atoms with Crippen LogP contribution in [0.2, 0.25) is 5.02 Å². The van der Waals surface area contributed by atoms with Gasteiger partial charge in [0.25, 0.3) is 5.91 Å². The molecule has 1 aromatic rings. The number of aliphatic hydroxyl groups is 1. The lowest BCUT2D eigenvalue weighted by Crippen LogP contribution is -2.42. The van der Waals surface area contributed by atoms with Crippen LogP contribution in [0.4, 0.5) is 4.79 Å². The predicted molar refractivity (Wildman–Crippen MR) is 81.4 cm³/mol. The number of hydrogen-bond acceptors (Lipinski definition) is 4. The summed E-state index contributed by atoms with van der Waals surface area (Å²) in [5.74, 6) is -0.359. The van der Waals surface area contributed by atoms with Crippen molar-refractivity contribution in [1.29, 1.82) is 0 Å². The van der Waals surface area contributed by atoms with Crippen LogP contribution < -0.4 is 5.32 Å². The summed E-state index contributed by atoms with van der Waals surface area (Å²) in [7, 11) is 0. The van der Waals surface area contributed by atoms with Crippen molar-refractivity contribution in [3.8, 4) is 0 Å². The summed E-state index contributed by atoms with van der Waals surface area (Å²) in [6.07, 6.45) is -0.953. The minimum atomic E-state index is -0.953. The normalized spacial score (nSPS) is 18.5. The van der Waals surface area contributed by atoms with E-state index in [-0.39, 0.29) is 25.7 Å². The Morgan fingerprint density at radius 3 is 2.64 bits per heavy atom. The second kappa shape index (κ2) is 6.64. The third-order valence-corrected chi connectivity index (χ3v) is 3.73. The van der Waals surface area contributed by atoms with Gasteiger partial charge in [-0.3, -0.25) is 9.69 Å². The monoisotopic (exact) mass is 326 g/mol. The highest BCUT2D eigenvalue weighted by Crippen LogP contribution is 2.18. The number of halogens is 1. The first kappa shape index (κ1) is 16.7. The highest BCUT2D eigenvalue weighted by molar-refractivity contribution is 6.31. The molecule has 0 bridgehead atoms. The number of rotatable bonds is 6. The second-order valence-corrected chi connectivity index (χ2v) is 6.14. The number of aliphatic hydroxyl groups excluding tert-OH is 1. The number of carbonyl (C=O) groups excluding carboxylic acids is 2. The maximum absolute atomic E-state index is 12.0. The van der Waals surface area contributed by atoms with Gasteiger partial charge in [0.05, 0.1) is 25.9 Å². The van der Waals surface area contributed by atoms with Crippen LogP contribution in [0.15, 0.2) is 24.3 Å². The maximum atomic E-state index is 12.0. The van der Waals surface area contributed by atoms with E-state index in [1.54, 1.807) is 19.9 Å². The lowest BCUT2D eigenvalue weighted by Gasteiger charge is -2.19. The van der Waals surface area contributed by atoms with Crippen LogP contribution in [0.1, 0.15) is 19.4 Å². The molecule has 0 saturated carbocycles. The van der Waals surface area contributed by atoms with Crippen LogP contribution in [0.25, 0.3) is 0 Å². The Kier molecular flexibility index (Phi) is 5.05. The molecule has 120 valence electrons. The smallest absolute Gasteiger partial charge is 0.325 e. The molecule has 0 radical (unpaired) electrons. The van der Waals surface area contributed by atoms with Gasteiger partial charge in [0.2, 0.25) is 0 Å². The third kappa shape index (κ3) is 3.76. The number of amides is 3. The Morgan fingerprint density at radius 1 is 1.36 bits per heavy atom. The van der Waals surface area contributed by atoms with Gasteiger partial charge in [0, 0.05) is 5.02 Å². The van der Waals surface area contributed by atoms with E-state index in [1.807, 2.05) is 18.2 Å². The van der Waals surface area contributed by atoms with E-state index in [9.17, 15) is 14.7 Å². The minimum Gasteiger partial charge on any atom is -0.389 e. The second-order valence-electron chi connectivity index (χ2n) is 5.73. The van der Waals surface area contributed by atoms with Gasteiger partial charge in [-0.05, 0) is 25.5 Å². The van der Waals surface area contributed by atoms with Crippen molar-refractivity contribution in [2.75, 3.05) is 13.2 Å². The SMILES string of the molecule is CC1(C)NC(=O)N(C[C@H](O)COCc2ccccc2Cl)C1=O. The topological polar surface area (TPSA) is 78.9 Å². The fourth-order valence-electron chi connectivity index (χ4n) is 2.17. The maximum Gasteiger partial charge on any atom is 0.325 e. The van der Waals surface area contributed by atoms with E-state index in [2.05, 4.69) is 5.32 Å². The van der Waals surface area contributed by atoms with Gasteiger partial charge >= 0.3 is 6.03 Å². The molecule has 3 amide bonds. The molecule has 1 atom stereocenters. The number of carbonyl (C=O) groups is 2. The fourth-order valence-corrected chi connectivity index (χ4v) is 2.36. The van der Waals surface area contributed by atoms with Crippen LogP contribution in [0, 0.1) is 0 Å². The van der Waals surface area contributed by atoms with Crippen LogP contribution in [0.5, 0.6) is 0 Å². The minimum absolute atomic E-state index is 0.00269. The average molecular weight is 327 g/mol. The van der Waals surface area contributed by atoms with E-state index in [0.717, 1.165) is 10.5 Å². The quantitative estimate of drug-likeness (QED) is 0.777. The first-order valence-corrected chi connectivity index (χ1v) is 7.32. The summed E-state index contributed by atoms with van der Waals surface area (Å²) in [5, 5.41) is 13.1. The van der Waals surface area contributed by atoms with Crippen molar-refractivity contribution in [1.82, 2.24) is 10.2 Å². The summed E-state index contributed by atoms with van der Waals surface area (Å²) in [4.78, 5) is 24.7. The molecule has 1 aliphatic heterocycles. The van der Waals surface area contributed by atoms with Gasteiger partial charge in [-0.2, -0.15) is 0 Å². The summed E-state index contributed by atoms with van der Waals surface area (Å²) >= 11 is 6.00. The predicted octanol–water partition coefficient (Wildman–Crippen LogP) is 1.55. The Morgan fingerprint density at radius 2 is 2.05 bits per heavy atom. The molecule has 0 unspecified atom stereocenters. The average Bonchev–Trinajstić information content (AvgIpc) is 2.63. The molecular weight excluding hydrogens is 308 g/mol. The highest BCUT2D eigenvalue weighted by Gasteiger charge is 2.44. The standard InChI is InChI=1S/C15H19ClN2O4/c1-15(2)13(20)18(14(21)17-15)7-11(19)9-22-8-10-5-3-4-6-12(10)16/h3-6,11,19H,7-9H2,1-2H3,(H,17,21)/t11-/m0/s1. The van der Waals surface area contributed by atoms with Crippen molar-refractivity contribution in [3.63, 3.8) is 0 Å². The van der Waals surface area contributed by atoms with E-state index < -0.39 is 17.7 Å². The molecule has 2 N–H and O–H groups in total. The summed E-state index contributed by atoms with van der Waals surface area (Å²) in [5.41, 5.74) is -0.123. The first-order chi connectivity index (χ1) is 10.3. The Labute approximate surface area is 134 Å². The van der Waals surface area contributed by atoms with E-state index in [1.165, 1.54) is 0 Å². The lowest BCUT2D eigenvalue weighted by atomic mass is 10.1. The fraction of sp³-hybridized carbons (Fsp3) is 0.467. The number of nitrogens with one attached hydrogen (secondary N) is 1. The van der Waals surface area contributed by atoms with E-state index in [4.69, 9.17) is 16.3 Å². The number of benzene rings is 1. The van der Waals surface area contributed by atoms with Crippen LogP contribution in [0.3, 0.4) is 0 Å². The molecule has 1 aromatic carbocycles. The van der Waals surface area contributed by atoms with Crippen molar-refractivity contribution >= 4 is 23.5 Å². The summed E-state index contributed by atoms with van der Waals surface area (Å²) in [6.45, 7) is 3.39. The number of hydrogen-bond donors (Lipinski definition) is 2. The molecule has 1 fully saturated rings. The Balaban J connectivity index is 1.81. The van der Waals surface area contributed by atoms with E-state index >= 15 is 0 Å². The first-order valence-electron chi connectivity index (χ1n) is 6.94. The summed E-state index contributed by atoms with van der Waals surface area (Å²) < 4.78 is 5.39. The number of β-amino-alcohol motifs (C(OH)–C–C–N with tert-alkyl or cyclic N) is 1. The van der Waals surface area contributed by atoms with Gasteiger partial charge in [-0.15, -0.1) is 0 Å². The zero-order valence-electron chi connectivity index (χ0n) is 12.5. The van der Waals surface area contributed by atoms with Gasteiger partial charge in [0.1, 0.15) is 5.54 Å². The Bertz CT molecular complexity index is 576. The van der Waals surface area contributed by atoms with Crippen LogP contribution >= 0.6 is 11.6 Å². The number of imide groups is 1. The van der Waals surface area contributed by atoms with Crippen LogP contribution in [-0.4, -0.2) is 46.7 Å². The molecular formula is C15H19ClN2O4. The molecule has 7 heteroatoms. The summed E-state index contributed by atoms with van der Waals surface area (Å²) in [6, 6.07) is 6.75.